The molecule has 1 unspecified atom stereocenters. The molecular weight excluding hydrogens is 300 g/mol. The monoisotopic (exact) mass is 326 g/mol. The van der Waals surface area contributed by atoms with Crippen LogP contribution in [-0.2, 0) is 0 Å². The Morgan fingerprint density at radius 1 is 1.29 bits per heavy atom. The number of amides is 2. The van der Waals surface area contributed by atoms with Gasteiger partial charge in [-0.2, -0.15) is 0 Å². The minimum Gasteiger partial charge on any atom is -0.338 e. The molecule has 5 heteroatoms. The Bertz CT molecular complexity index is 723. The number of nitrogens with one attached hydrogen (secondary N) is 2. The molecule has 2 N–H and O–H groups in total. The molecule has 24 heavy (non-hydrogen) atoms. The third kappa shape index (κ3) is 4.03. The lowest BCUT2D eigenvalue weighted by Crippen LogP contribution is -2.40. The highest BCUT2D eigenvalue weighted by Crippen LogP contribution is 2.24. The van der Waals surface area contributed by atoms with Crippen molar-refractivity contribution in [3.05, 3.63) is 36.7 Å². The Balaban J connectivity index is 1.50. The number of likely N-dealkylation sites (tertiary alicyclic amines) is 1. The van der Waals surface area contributed by atoms with Crippen molar-refractivity contribution in [1.29, 1.82) is 0 Å². The second-order valence-electron chi connectivity index (χ2n) is 7.54. The molecule has 1 aliphatic rings. The highest BCUT2D eigenvalue weighted by atomic mass is 16.2. The highest BCUT2D eigenvalue weighted by molar-refractivity contribution is 5.93. The van der Waals surface area contributed by atoms with E-state index in [4.69, 9.17) is 0 Å². The number of nitrogens with zero attached hydrogens (tertiary/aromatic N) is 2. The van der Waals surface area contributed by atoms with Gasteiger partial charge in [-0.05, 0) is 63.2 Å². The summed E-state index contributed by atoms with van der Waals surface area (Å²) in [6.45, 7) is 9.60. The molecule has 0 bridgehead atoms. The lowest BCUT2D eigenvalue weighted by molar-refractivity contribution is 0.168. The fourth-order valence-electron chi connectivity index (χ4n) is 3.18. The Kier molecular flexibility index (Phi) is 4.71. The first-order valence-corrected chi connectivity index (χ1v) is 8.55. The third-order valence-electron chi connectivity index (χ3n) is 4.68. The van der Waals surface area contributed by atoms with Crippen molar-refractivity contribution < 1.29 is 4.79 Å². The quantitative estimate of drug-likeness (QED) is 0.908. The average Bonchev–Trinajstić information content (AvgIpc) is 3.02. The Hall–Kier alpha value is -2.14. The van der Waals surface area contributed by atoms with Crippen LogP contribution in [0.2, 0.25) is 0 Å². The zero-order valence-electron chi connectivity index (χ0n) is 14.7. The molecule has 3 rings (SSSR count). The van der Waals surface area contributed by atoms with Gasteiger partial charge in [0.2, 0.25) is 0 Å². The number of hydrogen-bond acceptors (Lipinski definition) is 3. The molecule has 0 radical (unpaired) electrons. The summed E-state index contributed by atoms with van der Waals surface area (Å²) < 4.78 is 0. The first kappa shape index (κ1) is 16.7. The number of fused-ring (bicyclic) bond motifs is 1. The summed E-state index contributed by atoms with van der Waals surface area (Å²) in [6, 6.07) is 7.64. The molecule has 1 aromatic heterocycles. The van der Waals surface area contributed by atoms with Crippen LogP contribution in [0.1, 0.15) is 27.2 Å². The van der Waals surface area contributed by atoms with Gasteiger partial charge in [0.05, 0.1) is 0 Å². The maximum atomic E-state index is 12.1. The SMILES string of the molecule is CC(C)(C)N1CCC(CNC(=O)Nc2ccc3cnccc3c2)C1. The largest absolute Gasteiger partial charge is 0.338 e. The minimum absolute atomic E-state index is 0.141. The molecule has 2 amide bonds. The van der Waals surface area contributed by atoms with Gasteiger partial charge in [-0.1, -0.05) is 6.07 Å². The normalized spacial score (nSPS) is 18.7. The summed E-state index contributed by atoms with van der Waals surface area (Å²) in [4.78, 5) is 18.7. The number of benzene rings is 1. The molecular formula is C19H26N4O. The summed E-state index contributed by atoms with van der Waals surface area (Å²) in [5.41, 5.74) is 1.01. The van der Waals surface area contributed by atoms with Gasteiger partial charge in [0.15, 0.2) is 0 Å². The van der Waals surface area contributed by atoms with Gasteiger partial charge < -0.3 is 10.6 Å². The van der Waals surface area contributed by atoms with E-state index < -0.39 is 0 Å². The van der Waals surface area contributed by atoms with E-state index in [1.807, 2.05) is 30.5 Å². The van der Waals surface area contributed by atoms with Crippen molar-refractivity contribution in [2.75, 3.05) is 25.0 Å². The van der Waals surface area contributed by atoms with Crippen molar-refractivity contribution in [3.63, 3.8) is 0 Å². The van der Waals surface area contributed by atoms with Crippen LogP contribution in [0.15, 0.2) is 36.7 Å². The number of urea groups is 1. The average molecular weight is 326 g/mol. The predicted molar refractivity (Wildman–Crippen MR) is 98.2 cm³/mol. The van der Waals surface area contributed by atoms with Gasteiger partial charge in [0.25, 0.3) is 0 Å². The minimum atomic E-state index is -0.141. The van der Waals surface area contributed by atoms with E-state index in [0.717, 1.165) is 42.5 Å². The second-order valence-corrected chi connectivity index (χ2v) is 7.54. The van der Waals surface area contributed by atoms with Crippen LogP contribution in [0.5, 0.6) is 0 Å². The van der Waals surface area contributed by atoms with E-state index in [-0.39, 0.29) is 11.6 Å². The van der Waals surface area contributed by atoms with Gasteiger partial charge >= 0.3 is 6.03 Å². The Labute approximate surface area is 143 Å². The maximum absolute atomic E-state index is 12.1. The van der Waals surface area contributed by atoms with Crippen LogP contribution in [0.4, 0.5) is 10.5 Å². The van der Waals surface area contributed by atoms with E-state index in [1.165, 1.54) is 0 Å². The Morgan fingerprint density at radius 3 is 2.88 bits per heavy atom. The smallest absolute Gasteiger partial charge is 0.319 e. The van der Waals surface area contributed by atoms with E-state index >= 15 is 0 Å². The van der Waals surface area contributed by atoms with Crippen LogP contribution in [0, 0.1) is 5.92 Å². The molecule has 2 heterocycles. The Morgan fingerprint density at radius 2 is 2.12 bits per heavy atom. The summed E-state index contributed by atoms with van der Waals surface area (Å²) in [5, 5.41) is 8.05. The molecule has 0 aliphatic carbocycles. The number of anilines is 1. The third-order valence-corrected chi connectivity index (χ3v) is 4.68. The van der Waals surface area contributed by atoms with E-state index in [2.05, 4.69) is 41.3 Å². The molecule has 0 saturated carbocycles. The molecule has 128 valence electrons. The van der Waals surface area contributed by atoms with Gasteiger partial charge in [-0.25, -0.2) is 4.79 Å². The zero-order chi connectivity index (χ0) is 17.2. The van der Waals surface area contributed by atoms with Crippen molar-refractivity contribution in [2.24, 2.45) is 5.92 Å². The standard InChI is InChI=1S/C19H26N4O/c1-19(2,3)23-9-7-14(13-23)11-21-18(24)22-17-5-4-16-12-20-8-6-15(16)10-17/h4-6,8,10,12,14H,7,9,11,13H2,1-3H3,(H2,21,22,24). The predicted octanol–water partition coefficient (Wildman–Crippen LogP) is 3.48. The molecule has 0 spiro atoms. The number of pyridine rings is 1. The van der Waals surface area contributed by atoms with Crippen molar-refractivity contribution in [1.82, 2.24) is 15.2 Å². The molecule has 1 aliphatic heterocycles. The molecule has 1 atom stereocenters. The van der Waals surface area contributed by atoms with Gasteiger partial charge in [0.1, 0.15) is 0 Å². The summed E-state index contributed by atoms with van der Waals surface area (Å²) in [5.74, 6) is 0.526. The second kappa shape index (κ2) is 6.77. The first-order chi connectivity index (χ1) is 11.4. The fourth-order valence-corrected chi connectivity index (χ4v) is 3.18. The zero-order valence-corrected chi connectivity index (χ0v) is 14.7. The number of aromatic nitrogens is 1. The van der Waals surface area contributed by atoms with Gasteiger partial charge in [0, 0.05) is 42.1 Å². The molecule has 1 fully saturated rings. The molecule has 5 nitrogen and oxygen atoms in total. The number of carbonyl (C=O) groups is 1. The summed E-state index contributed by atoms with van der Waals surface area (Å²) >= 11 is 0. The lowest BCUT2D eigenvalue weighted by atomic mass is 10.1. The number of carbonyl (C=O) groups excluding carboxylic acids is 1. The maximum Gasteiger partial charge on any atom is 0.319 e. The van der Waals surface area contributed by atoms with Crippen LogP contribution in [-0.4, -0.2) is 41.1 Å². The lowest BCUT2D eigenvalue weighted by Gasteiger charge is -2.31. The first-order valence-electron chi connectivity index (χ1n) is 8.55. The molecule has 1 saturated heterocycles. The fraction of sp³-hybridized carbons (Fsp3) is 0.474. The van der Waals surface area contributed by atoms with Crippen molar-refractivity contribution >= 4 is 22.5 Å². The van der Waals surface area contributed by atoms with Crippen LogP contribution in [0.25, 0.3) is 10.8 Å². The number of hydrogen-bond donors (Lipinski definition) is 2. The van der Waals surface area contributed by atoms with Gasteiger partial charge in [-0.15, -0.1) is 0 Å². The van der Waals surface area contributed by atoms with E-state index in [1.54, 1.807) is 6.20 Å². The van der Waals surface area contributed by atoms with Crippen LogP contribution < -0.4 is 10.6 Å². The highest BCUT2D eigenvalue weighted by Gasteiger charge is 2.30. The summed E-state index contributed by atoms with van der Waals surface area (Å²) in [6.07, 6.45) is 4.72. The van der Waals surface area contributed by atoms with Crippen LogP contribution in [0.3, 0.4) is 0 Å². The van der Waals surface area contributed by atoms with Crippen molar-refractivity contribution in [3.8, 4) is 0 Å². The van der Waals surface area contributed by atoms with Crippen LogP contribution >= 0.6 is 0 Å². The summed E-state index contributed by atoms with van der Waals surface area (Å²) in [7, 11) is 0. The number of rotatable bonds is 3. The van der Waals surface area contributed by atoms with E-state index in [0.29, 0.717) is 5.92 Å². The van der Waals surface area contributed by atoms with E-state index in [9.17, 15) is 4.79 Å². The topological polar surface area (TPSA) is 57.3 Å². The molecule has 2 aromatic rings. The van der Waals surface area contributed by atoms with Gasteiger partial charge in [-0.3, -0.25) is 9.88 Å². The van der Waals surface area contributed by atoms with Crippen molar-refractivity contribution in [2.45, 2.75) is 32.7 Å². The molecule has 1 aromatic carbocycles.